The van der Waals surface area contributed by atoms with Gasteiger partial charge in [0, 0.05) is 38.3 Å². The van der Waals surface area contributed by atoms with Crippen LogP contribution in [0.2, 0.25) is 0 Å². The average molecular weight is 735 g/mol. The van der Waals surface area contributed by atoms with Crippen molar-refractivity contribution in [3.63, 3.8) is 0 Å². The molecule has 1 saturated heterocycles. The molecule has 4 aliphatic rings. The number of aliphatic carboxylic acids is 1. The molecule has 47 heavy (non-hydrogen) atoms. The third-order valence-electron chi connectivity index (χ3n) is 10.1. The monoisotopic (exact) mass is 733 g/mol. The number of ether oxygens (including phenoxy) is 1. The number of halogens is 1. The van der Waals surface area contributed by atoms with Gasteiger partial charge in [-0.3, -0.25) is 28.9 Å². The zero-order valence-corrected chi connectivity index (χ0v) is 27.9. The summed E-state index contributed by atoms with van der Waals surface area (Å²) in [5.74, 6) is -3.08. The molecular weight excluding hydrogens is 706 g/mol. The molecule has 3 heterocycles. The van der Waals surface area contributed by atoms with Crippen molar-refractivity contribution in [1.82, 2.24) is 9.88 Å². The zero-order valence-electron chi connectivity index (χ0n) is 24.7. The van der Waals surface area contributed by atoms with Gasteiger partial charge in [-0.1, -0.05) is 57.6 Å². The van der Waals surface area contributed by atoms with Crippen LogP contribution in [0.4, 0.5) is 5.69 Å². The van der Waals surface area contributed by atoms with Crippen molar-refractivity contribution in [2.24, 2.45) is 29.6 Å². The molecule has 4 aromatic rings. The van der Waals surface area contributed by atoms with E-state index >= 15 is 0 Å². The number of aromatic nitrogens is 1. The van der Waals surface area contributed by atoms with Crippen molar-refractivity contribution in [2.45, 2.75) is 29.0 Å². The summed E-state index contributed by atoms with van der Waals surface area (Å²) in [4.78, 5) is 69.0. The van der Waals surface area contributed by atoms with Gasteiger partial charge in [-0.15, -0.1) is 11.8 Å². The van der Waals surface area contributed by atoms with Crippen LogP contribution in [0.15, 0.2) is 75.0 Å². The van der Waals surface area contributed by atoms with Gasteiger partial charge in [-0.2, -0.15) is 0 Å². The standard InChI is InChI=1S/C34H28BrN3O7S2/c35-17-6-8-22(45-14-23(39)36-18-7-5-15-3-1-2-4-16(15)11-18)19(12-17)25-26-20-13-21(29(26)46-31-30(25)47-34(44)37-31)28-27(20)32(42)38(33(28)43)10-9-24(40)41/h1-8,11-12,20-21,25-29H,9-10,13-14H2,(H,36,39)(H,37,44)(H,40,41)/t20?,21?,25-,26?,27?,28?,29?/m1/s1. The first-order valence-corrected chi connectivity index (χ1v) is 17.8. The highest BCUT2D eigenvalue weighted by atomic mass is 79.9. The molecule has 0 spiro atoms. The second-order valence-electron chi connectivity index (χ2n) is 12.5. The molecule has 2 bridgehead atoms. The Bertz CT molecular complexity index is 2050. The maximum Gasteiger partial charge on any atom is 0.305 e. The molecule has 0 radical (unpaired) electrons. The molecule has 2 saturated carbocycles. The van der Waals surface area contributed by atoms with Gasteiger partial charge in [0.25, 0.3) is 5.91 Å². The summed E-state index contributed by atoms with van der Waals surface area (Å²) in [6, 6.07) is 19.2. The van der Waals surface area contributed by atoms with Gasteiger partial charge in [0.05, 0.1) is 23.3 Å². The second kappa shape index (κ2) is 11.6. The fourth-order valence-electron chi connectivity index (χ4n) is 8.36. The number of H-pyrrole nitrogens is 1. The average Bonchev–Trinajstić information content (AvgIpc) is 3.78. The number of nitrogens with zero attached hydrogens (tertiary/aromatic N) is 1. The van der Waals surface area contributed by atoms with E-state index in [1.54, 1.807) is 11.8 Å². The van der Waals surface area contributed by atoms with Crippen molar-refractivity contribution in [2.75, 3.05) is 18.5 Å². The number of carboxylic acids is 1. The highest BCUT2D eigenvalue weighted by molar-refractivity contribution is 9.10. The van der Waals surface area contributed by atoms with Crippen LogP contribution in [0.25, 0.3) is 10.8 Å². The lowest BCUT2D eigenvalue weighted by Crippen LogP contribution is -2.42. The van der Waals surface area contributed by atoms with E-state index in [1.807, 2.05) is 60.7 Å². The van der Waals surface area contributed by atoms with Crippen LogP contribution in [0, 0.1) is 29.6 Å². The number of likely N-dealkylation sites (tertiary alicyclic amines) is 1. The quantitative estimate of drug-likeness (QED) is 0.207. The topological polar surface area (TPSA) is 146 Å². The molecule has 3 fully saturated rings. The van der Waals surface area contributed by atoms with E-state index in [4.69, 9.17) is 4.74 Å². The number of hydrogen-bond acceptors (Lipinski definition) is 8. The highest BCUT2D eigenvalue weighted by Gasteiger charge is 2.69. The third-order valence-corrected chi connectivity index (χ3v) is 13.1. The minimum absolute atomic E-state index is 0.0387. The normalized spacial score (nSPS) is 27.1. The van der Waals surface area contributed by atoms with Crippen LogP contribution in [0.5, 0.6) is 5.75 Å². The Kier molecular flexibility index (Phi) is 7.53. The van der Waals surface area contributed by atoms with Crippen LogP contribution in [-0.4, -0.2) is 57.1 Å². The van der Waals surface area contributed by atoms with Crippen LogP contribution < -0.4 is 14.9 Å². The SMILES string of the molecule is O=C(O)CCN1C(=O)C2C3CC(C2C1=O)C1C3Sc2[nH]c(=O)sc2[C@@H]1c1cc(Br)ccc1OCC(=O)Nc1ccc2ccccc2c1. The molecule has 13 heteroatoms. The summed E-state index contributed by atoms with van der Waals surface area (Å²) in [7, 11) is 0. The number of thioether (sulfide) groups is 1. The summed E-state index contributed by atoms with van der Waals surface area (Å²) < 4.78 is 7.00. The number of anilines is 1. The van der Waals surface area contributed by atoms with Gasteiger partial charge >= 0.3 is 10.8 Å². The lowest BCUT2D eigenvalue weighted by atomic mass is 9.68. The first kappa shape index (κ1) is 30.4. The van der Waals surface area contributed by atoms with E-state index in [9.17, 15) is 29.1 Å². The highest BCUT2D eigenvalue weighted by Crippen LogP contribution is 2.69. The van der Waals surface area contributed by atoms with Crippen molar-refractivity contribution < 1.29 is 29.0 Å². The van der Waals surface area contributed by atoms with Gasteiger partial charge in [0.15, 0.2) is 6.61 Å². The largest absolute Gasteiger partial charge is 0.483 e. The van der Waals surface area contributed by atoms with Gasteiger partial charge in [0.2, 0.25) is 11.8 Å². The number of hydrogen-bond donors (Lipinski definition) is 3. The van der Waals surface area contributed by atoms with Gasteiger partial charge in [0.1, 0.15) is 5.75 Å². The Labute approximate surface area is 285 Å². The molecule has 7 atom stereocenters. The summed E-state index contributed by atoms with van der Waals surface area (Å²) in [5, 5.41) is 14.9. The fraction of sp³-hybridized carbons (Fsp3) is 0.324. The molecular formula is C34H28BrN3O7S2. The lowest BCUT2D eigenvalue weighted by molar-refractivity contribution is -0.142. The molecule has 3 aromatic carbocycles. The summed E-state index contributed by atoms with van der Waals surface area (Å²) in [5.41, 5.74) is 1.46. The third kappa shape index (κ3) is 5.10. The molecule has 1 aromatic heterocycles. The van der Waals surface area contributed by atoms with E-state index in [0.717, 1.165) is 46.9 Å². The maximum absolute atomic E-state index is 13.7. The second-order valence-corrected chi connectivity index (χ2v) is 15.6. The number of aromatic amines is 1. The number of carbonyl (C=O) groups is 4. The van der Waals surface area contributed by atoms with E-state index in [1.165, 1.54) is 0 Å². The molecule has 6 unspecified atom stereocenters. The minimum Gasteiger partial charge on any atom is -0.483 e. The number of thiazole rings is 1. The Balaban J connectivity index is 1.10. The summed E-state index contributed by atoms with van der Waals surface area (Å²) in [6.45, 7) is -0.369. The molecule has 2 aliphatic heterocycles. The number of rotatable bonds is 8. The van der Waals surface area contributed by atoms with Crippen molar-refractivity contribution >= 4 is 79.2 Å². The molecule has 2 aliphatic carbocycles. The minimum atomic E-state index is -1.06. The van der Waals surface area contributed by atoms with E-state index in [0.29, 0.717) is 17.9 Å². The maximum atomic E-state index is 13.7. The Morgan fingerprint density at radius 3 is 2.55 bits per heavy atom. The zero-order chi connectivity index (χ0) is 32.6. The lowest BCUT2D eigenvalue weighted by Gasteiger charge is -2.43. The predicted octanol–water partition coefficient (Wildman–Crippen LogP) is 5.32. The van der Waals surface area contributed by atoms with Crippen LogP contribution >= 0.6 is 39.0 Å². The van der Waals surface area contributed by atoms with E-state index in [-0.39, 0.29) is 71.1 Å². The number of nitrogens with one attached hydrogen (secondary N) is 2. The number of amides is 3. The molecule has 10 nitrogen and oxygen atoms in total. The molecule has 3 N–H and O–H groups in total. The van der Waals surface area contributed by atoms with Gasteiger partial charge < -0.3 is 20.1 Å². The van der Waals surface area contributed by atoms with Crippen molar-refractivity contribution in [3.05, 3.63) is 85.2 Å². The van der Waals surface area contributed by atoms with Crippen LogP contribution in [-0.2, 0) is 19.2 Å². The molecule has 8 rings (SSSR count). The first-order chi connectivity index (χ1) is 22.7. The number of benzene rings is 3. The summed E-state index contributed by atoms with van der Waals surface area (Å²) in [6.07, 6.45) is 0.415. The summed E-state index contributed by atoms with van der Waals surface area (Å²) >= 11 is 6.32. The number of carboxylic acid groups (broad SMARTS) is 1. The van der Waals surface area contributed by atoms with Crippen LogP contribution in [0.3, 0.4) is 0 Å². The van der Waals surface area contributed by atoms with Crippen LogP contribution in [0.1, 0.15) is 29.2 Å². The predicted molar refractivity (Wildman–Crippen MR) is 180 cm³/mol. The smallest absolute Gasteiger partial charge is 0.305 e. The number of imide groups is 1. The van der Waals surface area contributed by atoms with Crippen molar-refractivity contribution in [3.8, 4) is 5.75 Å². The van der Waals surface area contributed by atoms with Gasteiger partial charge in [-0.25, -0.2) is 0 Å². The molecule has 240 valence electrons. The van der Waals surface area contributed by atoms with E-state index in [2.05, 4.69) is 26.2 Å². The Hall–Kier alpha value is -3.94. The first-order valence-electron chi connectivity index (χ1n) is 15.4. The van der Waals surface area contributed by atoms with Gasteiger partial charge in [-0.05, 0) is 65.3 Å². The number of fused-ring (bicyclic) bond motifs is 10. The Morgan fingerprint density at radius 1 is 1.00 bits per heavy atom. The Morgan fingerprint density at radius 2 is 1.77 bits per heavy atom. The van der Waals surface area contributed by atoms with E-state index < -0.39 is 17.8 Å². The van der Waals surface area contributed by atoms with Crippen molar-refractivity contribution in [1.29, 1.82) is 0 Å². The fourth-order valence-corrected chi connectivity index (χ4v) is 11.6. The number of carbonyl (C=O) groups excluding carboxylic acids is 3. The molecule has 3 amide bonds.